The number of thioether (sulfide) groups is 1. The van der Waals surface area contributed by atoms with E-state index in [4.69, 9.17) is 0 Å². The molecular formula is C18H18N4O3S2. The lowest BCUT2D eigenvalue weighted by Gasteiger charge is -2.22. The Balaban J connectivity index is 1.78. The maximum Gasteiger partial charge on any atom is 0.267 e. The molecule has 0 aliphatic carbocycles. The monoisotopic (exact) mass is 402 g/mol. The highest BCUT2D eigenvalue weighted by atomic mass is 32.2. The Bertz CT molecular complexity index is 949. The summed E-state index contributed by atoms with van der Waals surface area (Å²) in [6.45, 7) is 4.16. The van der Waals surface area contributed by atoms with E-state index in [1.54, 1.807) is 30.3 Å². The SMILES string of the molecule is C=CCN1C(=N/C=C(\C#N)C(=O)Nc2ccccc2)S[C@@H]2CS(=O)(=O)C[C@@H]21. The van der Waals surface area contributed by atoms with Gasteiger partial charge in [-0.2, -0.15) is 5.26 Å². The minimum absolute atomic E-state index is 0.0842. The van der Waals surface area contributed by atoms with Crippen LogP contribution in [0.1, 0.15) is 0 Å². The summed E-state index contributed by atoms with van der Waals surface area (Å²) in [7, 11) is -3.05. The first-order valence-corrected chi connectivity index (χ1v) is 10.9. The lowest BCUT2D eigenvalue weighted by Crippen LogP contribution is -2.37. The number of hydrogen-bond acceptors (Lipinski definition) is 6. The molecule has 1 amide bonds. The van der Waals surface area contributed by atoms with Gasteiger partial charge < -0.3 is 10.2 Å². The van der Waals surface area contributed by atoms with E-state index in [-0.39, 0.29) is 28.4 Å². The molecule has 0 saturated carbocycles. The van der Waals surface area contributed by atoms with Gasteiger partial charge in [-0.1, -0.05) is 36.0 Å². The number of nitrogens with zero attached hydrogens (tertiary/aromatic N) is 3. The number of nitriles is 1. The standard InChI is InChI=1S/C18H18N4O3S2/c1-2-8-22-15-11-27(24,25)12-16(15)26-18(22)20-10-13(9-19)17(23)21-14-6-4-3-5-7-14/h2-7,10,15-16H,1,8,11-12H2,(H,21,23)/b13-10+,20-18?/t15-,16+/m0/s1. The molecule has 0 bridgehead atoms. The van der Waals surface area contributed by atoms with Gasteiger partial charge >= 0.3 is 0 Å². The average Bonchev–Trinajstić information content (AvgIpc) is 3.09. The highest BCUT2D eigenvalue weighted by Crippen LogP contribution is 2.38. The van der Waals surface area contributed by atoms with Gasteiger partial charge in [-0.15, -0.1) is 6.58 Å². The zero-order valence-corrected chi connectivity index (χ0v) is 16.0. The number of hydrogen-bond donors (Lipinski definition) is 1. The van der Waals surface area contributed by atoms with Crippen LogP contribution in [0.25, 0.3) is 0 Å². The minimum Gasteiger partial charge on any atom is -0.342 e. The average molecular weight is 403 g/mol. The summed E-state index contributed by atoms with van der Waals surface area (Å²) in [4.78, 5) is 18.4. The zero-order valence-electron chi connectivity index (χ0n) is 14.4. The van der Waals surface area contributed by atoms with Crippen molar-refractivity contribution in [1.82, 2.24) is 4.90 Å². The lowest BCUT2D eigenvalue weighted by atomic mass is 10.2. The number of benzene rings is 1. The molecule has 2 aliphatic rings. The molecule has 0 unspecified atom stereocenters. The number of carbonyl (C=O) groups excluding carboxylic acids is 1. The predicted octanol–water partition coefficient (Wildman–Crippen LogP) is 1.79. The Kier molecular flexibility index (Phi) is 5.68. The van der Waals surface area contributed by atoms with Crippen molar-refractivity contribution in [3.8, 4) is 6.07 Å². The van der Waals surface area contributed by atoms with Crippen molar-refractivity contribution in [2.75, 3.05) is 23.4 Å². The van der Waals surface area contributed by atoms with Crippen LogP contribution in [-0.4, -0.2) is 53.7 Å². The molecule has 2 aliphatic heterocycles. The molecule has 2 atom stereocenters. The van der Waals surface area contributed by atoms with Crippen LogP contribution >= 0.6 is 11.8 Å². The maximum absolute atomic E-state index is 12.2. The van der Waals surface area contributed by atoms with Crippen molar-refractivity contribution < 1.29 is 13.2 Å². The molecule has 2 fully saturated rings. The van der Waals surface area contributed by atoms with Crippen molar-refractivity contribution in [3.63, 3.8) is 0 Å². The molecule has 0 aromatic heterocycles. The first-order valence-electron chi connectivity index (χ1n) is 8.22. The summed E-state index contributed by atoms with van der Waals surface area (Å²) in [5.41, 5.74) is 0.453. The molecule has 3 rings (SSSR count). The summed E-state index contributed by atoms with van der Waals surface area (Å²) in [6, 6.07) is 10.5. The van der Waals surface area contributed by atoms with E-state index in [0.29, 0.717) is 17.4 Å². The fourth-order valence-electron chi connectivity index (χ4n) is 2.98. The number of nitrogens with one attached hydrogen (secondary N) is 1. The van der Waals surface area contributed by atoms with Crippen molar-refractivity contribution in [2.24, 2.45) is 4.99 Å². The molecule has 2 heterocycles. The molecule has 7 nitrogen and oxygen atoms in total. The van der Waals surface area contributed by atoms with E-state index in [2.05, 4.69) is 16.9 Å². The Morgan fingerprint density at radius 1 is 1.41 bits per heavy atom. The van der Waals surface area contributed by atoms with E-state index < -0.39 is 15.7 Å². The van der Waals surface area contributed by atoms with Gasteiger partial charge in [0, 0.05) is 17.5 Å². The Labute approximate surface area is 162 Å². The van der Waals surface area contributed by atoms with E-state index in [0.717, 1.165) is 0 Å². The Hall–Kier alpha value is -2.57. The number of aliphatic imine (C=N–C) groups is 1. The van der Waals surface area contributed by atoms with Crippen LogP contribution in [0, 0.1) is 11.3 Å². The second-order valence-electron chi connectivity index (χ2n) is 6.13. The number of rotatable bonds is 5. The number of sulfone groups is 1. The summed E-state index contributed by atoms with van der Waals surface area (Å²) in [5, 5.41) is 12.4. The second-order valence-corrected chi connectivity index (χ2v) is 9.49. The Morgan fingerprint density at radius 2 is 2.15 bits per heavy atom. The molecular weight excluding hydrogens is 384 g/mol. The summed E-state index contributed by atoms with van der Waals surface area (Å²) in [5.74, 6) is -0.354. The summed E-state index contributed by atoms with van der Waals surface area (Å²) < 4.78 is 23.7. The van der Waals surface area contributed by atoms with Crippen LogP contribution in [0.2, 0.25) is 0 Å². The lowest BCUT2D eigenvalue weighted by molar-refractivity contribution is -0.112. The van der Waals surface area contributed by atoms with Crippen LogP contribution in [0.4, 0.5) is 5.69 Å². The second kappa shape index (κ2) is 7.98. The first kappa shape index (κ1) is 19.2. The number of amides is 1. The third-order valence-electron chi connectivity index (χ3n) is 4.20. The largest absolute Gasteiger partial charge is 0.342 e. The number of anilines is 1. The van der Waals surface area contributed by atoms with Gasteiger partial charge in [-0.3, -0.25) is 4.79 Å². The van der Waals surface area contributed by atoms with Crippen molar-refractivity contribution in [3.05, 3.63) is 54.8 Å². The highest BCUT2D eigenvalue weighted by molar-refractivity contribution is 8.15. The normalized spacial score (nSPS) is 25.1. The molecule has 0 spiro atoms. The van der Waals surface area contributed by atoms with Gasteiger partial charge in [0.1, 0.15) is 11.6 Å². The quantitative estimate of drug-likeness (QED) is 0.458. The van der Waals surface area contributed by atoms with Crippen LogP contribution in [-0.2, 0) is 14.6 Å². The molecule has 9 heteroatoms. The molecule has 2 saturated heterocycles. The zero-order chi connectivity index (χ0) is 19.4. The molecule has 27 heavy (non-hydrogen) atoms. The third kappa shape index (κ3) is 4.40. The highest BCUT2D eigenvalue weighted by Gasteiger charge is 2.48. The van der Waals surface area contributed by atoms with Gasteiger partial charge in [0.15, 0.2) is 15.0 Å². The van der Waals surface area contributed by atoms with Crippen molar-refractivity contribution in [1.29, 1.82) is 5.26 Å². The van der Waals surface area contributed by atoms with Gasteiger partial charge in [0.05, 0.1) is 23.7 Å². The van der Waals surface area contributed by atoms with Crippen LogP contribution in [0.5, 0.6) is 0 Å². The van der Waals surface area contributed by atoms with Gasteiger partial charge in [0.2, 0.25) is 0 Å². The summed E-state index contributed by atoms with van der Waals surface area (Å²) in [6.07, 6.45) is 2.91. The molecule has 1 aromatic carbocycles. The Morgan fingerprint density at radius 3 is 2.81 bits per heavy atom. The molecule has 1 aromatic rings. The van der Waals surface area contributed by atoms with E-state index >= 15 is 0 Å². The third-order valence-corrected chi connectivity index (χ3v) is 7.46. The van der Waals surface area contributed by atoms with Crippen LogP contribution in [0.15, 0.2) is 59.8 Å². The van der Waals surface area contributed by atoms with Crippen molar-refractivity contribution in [2.45, 2.75) is 11.3 Å². The minimum atomic E-state index is -3.05. The van der Waals surface area contributed by atoms with Crippen LogP contribution < -0.4 is 5.32 Å². The fraction of sp³-hybridized carbons (Fsp3) is 0.278. The number of fused-ring (bicyclic) bond motifs is 1. The van der Waals surface area contributed by atoms with Gasteiger partial charge in [0.25, 0.3) is 5.91 Å². The van der Waals surface area contributed by atoms with Crippen LogP contribution in [0.3, 0.4) is 0 Å². The number of amidine groups is 1. The molecule has 1 N–H and O–H groups in total. The van der Waals surface area contributed by atoms with Crippen molar-refractivity contribution >= 4 is 38.4 Å². The topological polar surface area (TPSA) is 103 Å². The van der Waals surface area contributed by atoms with Gasteiger partial charge in [-0.25, -0.2) is 13.4 Å². The first-order chi connectivity index (χ1) is 12.9. The smallest absolute Gasteiger partial charge is 0.267 e. The summed E-state index contributed by atoms with van der Waals surface area (Å²) >= 11 is 1.36. The fourth-order valence-corrected chi connectivity index (χ4v) is 6.92. The maximum atomic E-state index is 12.2. The number of para-hydroxylation sites is 1. The van der Waals surface area contributed by atoms with E-state index in [1.165, 1.54) is 18.0 Å². The van der Waals surface area contributed by atoms with E-state index in [9.17, 15) is 18.5 Å². The molecule has 140 valence electrons. The predicted molar refractivity (Wildman–Crippen MR) is 107 cm³/mol. The van der Waals surface area contributed by atoms with Gasteiger partial charge in [-0.05, 0) is 12.1 Å². The number of carbonyl (C=O) groups is 1. The molecule has 0 radical (unpaired) electrons. The van der Waals surface area contributed by atoms with E-state index in [1.807, 2.05) is 17.0 Å².